The van der Waals surface area contributed by atoms with Gasteiger partial charge in [0.2, 0.25) is 0 Å². The molecule has 2 aromatic rings. The molecule has 1 atom stereocenters. The Bertz CT molecular complexity index is 738. The number of rotatable bonds is 6. The van der Waals surface area contributed by atoms with Crippen molar-refractivity contribution in [3.8, 4) is 5.75 Å². The summed E-state index contributed by atoms with van der Waals surface area (Å²) in [6.45, 7) is 3.70. The summed E-state index contributed by atoms with van der Waals surface area (Å²) in [6.07, 6.45) is 0.0488. The average Bonchev–Trinajstić information content (AvgIpc) is 3.07. The number of oxime groups is 1. The van der Waals surface area contributed by atoms with Gasteiger partial charge in [-0.1, -0.05) is 23.4 Å². The lowest BCUT2D eigenvalue weighted by atomic mass is 10.0. The Hall–Kier alpha value is -2.84. The summed E-state index contributed by atoms with van der Waals surface area (Å²) in [7, 11) is 1.44. The zero-order valence-electron chi connectivity index (χ0n) is 13.9. The summed E-state index contributed by atoms with van der Waals surface area (Å²) >= 11 is 0. The van der Waals surface area contributed by atoms with Crippen LogP contribution in [0.15, 0.2) is 47.6 Å². The van der Waals surface area contributed by atoms with Crippen molar-refractivity contribution in [2.45, 2.75) is 26.3 Å². The quantitative estimate of drug-likeness (QED) is 0.584. The fourth-order valence-electron chi connectivity index (χ4n) is 2.21. The molecule has 0 saturated carbocycles. The number of allylic oxidation sites excluding steroid dienone is 1. The maximum absolute atomic E-state index is 12.2. The van der Waals surface area contributed by atoms with Crippen molar-refractivity contribution in [1.82, 2.24) is 14.8 Å². The molecule has 1 heterocycles. The van der Waals surface area contributed by atoms with E-state index in [0.29, 0.717) is 11.3 Å². The third kappa shape index (κ3) is 5.33. The lowest BCUT2D eigenvalue weighted by molar-refractivity contribution is -0.274. The van der Waals surface area contributed by atoms with Crippen LogP contribution in [-0.2, 0) is 4.84 Å². The van der Waals surface area contributed by atoms with E-state index in [0.717, 1.165) is 5.57 Å². The van der Waals surface area contributed by atoms with E-state index in [1.807, 2.05) is 13.8 Å². The first-order valence-electron chi connectivity index (χ1n) is 7.30. The van der Waals surface area contributed by atoms with Crippen LogP contribution in [0.25, 0.3) is 6.08 Å². The maximum Gasteiger partial charge on any atom is 0.573 e. The molecule has 0 radical (unpaired) electrons. The first-order chi connectivity index (χ1) is 11.8. The van der Waals surface area contributed by atoms with E-state index in [1.54, 1.807) is 17.1 Å². The summed E-state index contributed by atoms with van der Waals surface area (Å²) in [5.41, 5.74) is 2.08. The average molecular weight is 354 g/mol. The van der Waals surface area contributed by atoms with Gasteiger partial charge in [-0.2, -0.15) is 5.10 Å². The van der Waals surface area contributed by atoms with Crippen LogP contribution in [-0.4, -0.2) is 33.9 Å². The van der Waals surface area contributed by atoms with Gasteiger partial charge in [-0.3, -0.25) is 0 Å². The molecular weight excluding hydrogens is 337 g/mol. The molecule has 2 rings (SSSR count). The van der Waals surface area contributed by atoms with Gasteiger partial charge < -0.3 is 9.57 Å². The van der Waals surface area contributed by atoms with Gasteiger partial charge in [-0.25, -0.2) is 9.67 Å². The van der Waals surface area contributed by atoms with Crippen LogP contribution in [0, 0.1) is 0 Å². The van der Waals surface area contributed by atoms with Gasteiger partial charge in [0.05, 0.1) is 6.04 Å². The fourth-order valence-corrected chi connectivity index (χ4v) is 2.21. The van der Waals surface area contributed by atoms with Gasteiger partial charge in [0.1, 0.15) is 31.2 Å². The second-order valence-corrected chi connectivity index (χ2v) is 5.15. The molecule has 0 saturated heterocycles. The molecule has 0 aliphatic rings. The summed E-state index contributed by atoms with van der Waals surface area (Å²) in [5.74, 6) is -0.274. The third-order valence-electron chi connectivity index (χ3n) is 3.32. The zero-order chi connectivity index (χ0) is 18.4. The van der Waals surface area contributed by atoms with Crippen molar-refractivity contribution in [1.29, 1.82) is 0 Å². The van der Waals surface area contributed by atoms with E-state index in [2.05, 4.69) is 20.0 Å². The minimum absolute atomic E-state index is 0.230. The predicted octanol–water partition coefficient (Wildman–Crippen LogP) is 3.84. The van der Waals surface area contributed by atoms with Gasteiger partial charge in [0.25, 0.3) is 0 Å². The number of alkyl halides is 3. The van der Waals surface area contributed by atoms with E-state index in [9.17, 15) is 13.2 Å². The van der Waals surface area contributed by atoms with Crippen LogP contribution in [0.3, 0.4) is 0 Å². The molecule has 1 aromatic carbocycles. The number of nitrogens with zero attached hydrogens (tertiary/aromatic N) is 4. The van der Waals surface area contributed by atoms with Crippen LogP contribution in [0.1, 0.15) is 25.5 Å². The molecular formula is C16H17F3N4O2. The topological polar surface area (TPSA) is 61.5 Å². The monoisotopic (exact) mass is 354 g/mol. The van der Waals surface area contributed by atoms with Gasteiger partial charge >= 0.3 is 6.36 Å². The largest absolute Gasteiger partial charge is 0.573 e. The number of aromatic nitrogens is 3. The lowest BCUT2D eigenvalue weighted by Gasteiger charge is -2.15. The van der Waals surface area contributed by atoms with Crippen molar-refractivity contribution >= 4 is 11.8 Å². The Kier molecular flexibility index (Phi) is 5.79. The van der Waals surface area contributed by atoms with E-state index in [1.165, 1.54) is 37.7 Å². The number of hydrogen-bond acceptors (Lipinski definition) is 5. The number of ether oxygens (including phenoxy) is 1. The predicted molar refractivity (Wildman–Crippen MR) is 86.0 cm³/mol. The van der Waals surface area contributed by atoms with Crippen molar-refractivity contribution in [3.05, 3.63) is 48.1 Å². The Balaban J connectivity index is 2.21. The highest BCUT2D eigenvalue weighted by Crippen LogP contribution is 2.24. The minimum Gasteiger partial charge on any atom is -0.406 e. The number of halogens is 3. The molecule has 134 valence electrons. The number of benzene rings is 1. The van der Waals surface area contributed by atoms with E-state index < -0.39 is 6.36 Å². The Morgan fingerprint density at radius 1 is 1.28 bits per heavy atom. The normalized spacial score (nSPS) is 14.3. The second-order valence-electron chi connectivity index (χ2n) is 5.15. The summed E-state index contributed by atoms with van der Waals surface area (Å²) in [5, 5.41) is 8.10. The van der Waals surface area contributed by atoms with Crippen molar-refractivity contribution < 1.29 is 22.7 Å². The van der Waals surface area contributed by atoms with Crippen molar-refractivity contribution in [2.24, 2.45) is 5.16 Å². The van der Waals surface area contributed by atoms with Crippen molar-refractivity contribution in [2.75, 3.05) is 7.11 Å². The van der Waals surface area contributed by atoms with Crippen LogP contribution >= 0.6 is 0 Å². The molecule has 1 unspecified atom stereocenters. The highest BCUT2D eigenvalue weighted by atomic mass is 19.4. The molecule has 9 heteroatoms. The summed E-state index contributed by atoms with van der Waals surface area (Å²) in [6, 6.07) is 5.32. The molecule has 0 fully saturated rings. The SMILES string of the molecule is CON=C(C(C)=Cc1ccc(OC(F)(F)F)cc1)C(C)n1cncn1. The smallest absolute Gasteiger partial charge is 0.406 e. The molecule has 1 aromatic heterocycles. The summed E-state index contributed by atoms with van der Waals surface area (Å²) in [4.78, 5) is 8.80. The van der Waals surface area contributed by atoms with Gasteiger partial charge in [0.15, 0.2) is 0 Å². The van der Waals surface area contributed by atoms with E-state index in [4.69, 9.17) is 4.84 Å². The van der Waals surface area contributed by atoms with E-state index >= 15 is 0 Å². The standard InChI is InChI=1S/C16H17F3N4O2/c1-11(15(22-24-3)12(2)23-10-20-9-21-23)8-13-4-6-14(7-5-13)25-16(17,18)19/h4-10,12H,1-3H3. The van der Waals surface area contributed by atoms with Gasteiger partial charge in [-0.05, 0) is 37.1 Å². The molecule has 0 spiro atoms. The first-order valence-corrected chi connectivity index (χ1v) is 7.30. The second kappa shape index (κ2) is 7.82. The highest BCUT2D eigenvalue weighted by Gasteiger charge is 2.30. The molecule has 0 N–H and O–H groups in total. The highest BCUT2D eigenvalue weighted by molar-refractivity contribution is 6.05. The first kappa shape index (κ1) is 18.5. The zero-order valence-corrected chi connectivity index (χ0v) is 13.9. The van der Waals surface area contributed by atoms with Crippen LogP contribution in [0.4, 0.5) is 13.2 Å². The maximum atomic E-state index is 12.2. The molecule has 0 bridgehead atoms. The van der Waals surface area contributed by atoms with Crippen LogP contribution in [0.5, 0.6) is 5.75 Å². The van der Waals surface area contributed by atoms with Crippen LogP contribution in [0.2, 0.25) is 0 Å². The van der Waals surface area contributed by atoms with Crippen molar-refractivity contribution in [3.63, 3.8) is 0 Å². The van der Waals surface area contributed by atoms with E-state index in [-0.39, 0.29) is 11.8 Å². The van der Waals surface area contributed by atoms with Gasteiger partial charge in [0, 0.05) is 0 Å². The third-order valence-corrected chi connectivity index (χ3v) is 3.32. The molecule has 0 aliphatic carbocycles. The summed E-state index contributed by atoms with van der Waals surface area (Å²) < 4.78 is 42.0. The molecule has 0 amide bonds. The Morgan fingerprint density at radius 3 is 2.48 bits per heavy atom. The van der Waals surface area contributed by atoms with Crippen LogP contribution < -0.4 is 4.74 Å². The Labute approximate surface area is 142 Å². The number of hydrogen-bond donors (Lipinski definition) is 0. The Morgan fingerprint density at radius 2 is 1.96 bits per heavy atom. The van der Waals surface area contributed by atoms with Gasteiger partial charge in [-0.15, -0.1) is 13.2 Å². The molecule has 6 nitrogen and oxygen atoms in total. The molecule has 0 aliphatic heterocycles. The molecule has 25 heavy (non-hydrogen) atoms. The fraction of sp³-hybridized carbons (Fsp3) is 0.312. The minimum atomic E-state index is -4.71. The lowest BCUT2D eigenvalue weighted by Crippen LogP contribution is -2.18.